The molecular formula is C25H34N2O4. The molecule has 2 heterocycles. The summed E-state index contributed by atoms with van der Waals surface area (Å²) < 4.78 is 17.2. The van der Waals surface area contributed by atoms with E-state index in [2.05, 4.69) is 21.9 Å². The second-order valence-electron chi connectivity index (χ2n) is 8.59. The zero-order valence-corrected chi connectivity index (χ0v) is 18.2. The van der Waals surface area contributed by atoms with Crippen LogP contribution in [-0.4, -0.2) is 79.7 Å². The van der Waals surface area contributed by atoms with Gasteiger partial charge in [-0.1, -0.05) is 30.3 Å². The number of hydrogen-bond donors (Lipinski definition) is 1. The summed E-state index contributed by atoms with van der Waals surface area (Å²) in [5, 5.41) is 11.1. The van der Waals surface area contributed by atoms with Crippen molar-refractivity contribution in [1.82, 2.24) is 9.80 Å². The summed E-state index contributed by atoms with van der Waals surface area (Å²) >= 11 is 0. The van der Waals surface area contributed by atoms with Gasteiger partial charge in [0.1, 0.15) is 30.3 Å². The minimum atomic E-state index is -0.819. The van der Waals surface area contributed by atoms with Crippen LogP contribution in [0, 0.1) is 0 Å². The molecule has 0 spiro atoms. The SMILES string of the molecule is O[C@]1(COc2ccccc2)CCCN(Cc2cccc(OCCN3CCOCC3)c2)C1. The van der Waals surface area contributed by atoms with Gasteiger partial charge < -0.3 is 19.3 Å². The van der Waals surface area contributed by atoms with Crippen LogP contribution in [0.1, 0.15) is 18.4 Å². The highest BCUT2D eigenvalue weighted by Gasteiger charge is 2.34. The predicted molar refractivity (Wildman–Crippen MR) is 121 cm³/mol. The Morgan fingerprint density at radius 1 is 0.903 bits per heavy atom. The van der Waals surface area contributed by atoms with Gasteiger partial charge in [0.25, 0.3) is 0 Å². The molecule has 1 N–H and O–H groups in total. The van der Waals surface area contributed by atoms with E-state index in [9.17, 15) is 5.11 Å². The molecule has 0 saturated carbocycles. The lowest BCUT2D eigenvalue weighted by Crippen LogP contribution is -2.51. The number of rotatable bonds is 9. The van der Waals surface area contributed by atoms with E-state index in [-0.39, 0.29) is 0 Å². The van der Waals surface area contributed by atoms with Crippen molar-refractivity contribution in [2.75, 3.05) is 59.2 Å². The molecule has 2 aliphatic heterocycles. The summed E-state index contributed by atoms with van der Waals surface area (Å²) in [6, 6.07) is 18.0. The Labute approximate surface area is 185 Å². The van der Waals surface area contributed by atoms with E-state index in [0.29, 0.717) is 19.8 Å². The van der Waals surface area contributed by atoms with Crippen molar-refractivity contribution >= 4 is 0 Å². The molecule has 0 amide bonds. The second kappa shape index (κ2) is 11.0. The molecule has 4 rings (SSSR count). The second-order valence-corrected chi connectivity index (χ2v) is 8.59. The first kappa shape index (κ1) is 22.1. The number of para-hydroxylation sites is 1. The van der Waals surface area contributed by atoms with E-state index < -0.39 is 5.60 Å². The number of aliphatic hydroxyl groups is 1. The summed E-state index contributed by atoms with van der Waals surface area (Å²) in [4.78, 5) is 4.68. The Kier molecular flexibility index (Phi) is 7.81. The largest absolute Gasteiger partial charge is 0.492 e. The molecule has 6 heteroatoms. The van der Waals surface area contributed by atoms with E-state index in [1.54, 1.807) is 0 Å². The molecule has 2 saturated heterocycles. The van der Waals surface area contributed by atoms with Gasteiger partial charge in [0.05, 0.1) is 13.2 Å². The number of benzene rings is 2. The molecule has 6 nitrogen and oxygen atoms in total. The molecule has 1 atom stereocenters. The molecular weight excluding hydrogens is 392 g/mol. The van der Waals surface area contributed by atoms with Crippen molar-refractivity contribution in [3.8, 4) is 11.5 Å². The number of morpholine rings is 1. The normalized spacial score (nSPS) is 22.9. The molecule has 0 aliphatic carbocycles. The van der Waals surface area contributed by atoms with Crippen molar-refractivity contribution in [2.45, 2.75) is 25.0 Å². The van der Waals surface area contributed by atoms with E-state index in [0.717, 1.165) is 70.3 Å². The van der Waals surface area contributed by atoms with Crippen LogP contribution in [0.2, 0.25) is 0 Å². The van der Waals surface area contributed by atoms with Gasteiger partial charge >= 0.3 is 0 Å². The van der Waals surface area contributed by atoms with E-state index in [1.807, 2.05) is 42.5 Å². The number of β-amino-alcohol motifs (C(OH)–C–C–N with tert-alkyl or cyclic N) is 1. The van der Waals surface area contributed by atoms with Gasteiger partial charge in [-0.25, -0.2) is 0 Å². The molecule has 31 heavy (non-hydrogen) atoms. The van der Waals surface area contributed by atoms with Gasteiger partial charge in [-0.3, -0.25) is 9.80 Å². The standard InChI is InChI=1S/C25H34N2O4/c28-25(21-31-23-7-2-1-3-8-23)10-5-11-27(20-25)19-22-6-4-9-24(18-22)30-17-14-26-12-15-29-16-13-26/h1-4,6-9,18,28H,5,10-17,19-21H2/t25-/m1/s1. The average molecular weight is 427 g/mol. The van der Waals surface area contributed by atoms with Crippen molar-refractivity contribution in [1.29, 1.82) is 0 Å². The van der Waals surface area contributed by atoms with E-state index >= 15 is 0 Å². The predicted octanol–water partition coefficient (Wildman–Crippen LogP) is 2.80. The summed E-state index contributed by atoms with van der Waals surface area (Å²) in [7, 11) is 0. The summed E-state index contributed by atoms with van der Waals surface area (Å²) in [5.74, 6) is 1.71. The van der Waals surface area contributed by atoms with Crippen molar-refractivity contribution < 1.29 is 19.3 Å². The minimum Gasteiger partial charge on any atom is -0.492 e. The fraction of sp³-hybridized carbons (Fsp3) is 0.520. The van der Waals surface area contributed by atoms with Crippen LogP contribution in [0.3, 0.4) is 0 Å². The first-order valence-corrected chi connectivity index (χ1v) is 11.3. The maximum Gasteiger partial charge on any atom is 0.119 e. The Bertz CT molecular complexity index is 797. The van der Waals surface area contributed by atoms with Crippen LogP contribution < -0.4 is 9.47 Å². The minimum absolute atomic E-state index is 0.318. The number of nitrogens with zero attached hydrogens (tertiary/aromatic N) is 2. The third-order valence-electron chi connectivity index (χ3n) is 5.97. The fourth-order valence-electron chi connectivity index (χ4n) is 4.30. The highest BCUT2D eigenvalue weighted by Crippen LogP contribution is 2.25. The van der Waals surface area contributed by atoms with Gasteiger partial charge in [0, 0.05) is 32.7 Å². The molecule has 0 radical (unpaired) electrons. The third-order valence-corrected chi connectivity index (χ3v) is 5.97. The van der Waals surface area contributed by atoms with Crippen LogP contribution >= 0.6 is 0 Å². The highest BCUT2D eigenvalue weighted by molar-refractivity contribution is 5.28. The molecule has 2 aliphatic rings. The fourth-order valence-corrected chi connectivity index (χ4v) is 4.30. The monoisotopic (exact) mass is 426 g/mol. The molecule has 0 bridgehead atoms. The van der Waals surface area contributed by atoms with Crippen LogP contribution in [-0.2, 0) is 11.3 Å². The molecule has 168 valence electrons. The molecule has 0 aromatic heterocycles. The van der Waals surface area contributed by atoms with Crippen LogP contribution in [0.15, 0.2) is 54.6 Å². The molecule has 2 aromatic carbocycles. The lowest BCUT2D eigenvalue weighted by molar-refractivity contribution is -0.0621. The lowest BCUT2D eigenvalue weighted by atomic mass is 9.93. The summed E-state index contributed by atoms with van der Waals surface area (Å²) in [6.07, 6.45) is 1.73. The molecule has 2 fully saturated rings. The highest BCUT2D eigenvalue weighted by atomic mass is 16.5. The Morgan fingerprint density at radius 2 is 1.71 bits per heavy atom. The number of piperidine rings is 1. The van der Waals surface area contributed by atoms with Gasteiger partial charge in [0.15, 0.2) is 0 Å². The van der Waals surface area contributed by atoms with Crippen LogP contribution in [0.25, 0.3) is 0 Å². The lowest BCUT2D eigenvalue weighted by Gasteiger charge is -2.39. The van der Waals surface area contributed by atoms with Gasteiger partial charge in [0.2, 0.25) is 0 Å². The number of hydrogen-bond acceptors (Lipinski definition) is 6. The van der Waals surface area contributed by atoms with Gasteiger partial charge in [-0.15, -0.1) is 0 Å². The zero-order valence-electron chi connectivity index (χ0n) is 18.2. The Balaban J connectivity index is 1.25. The smallest absolute Gasteiger partial charge is 0.119 e. The zero-order chi connectivity index (χ0) is 21.4. The van der Waals surface area contributed by atoms with Crippen LogP contribution in [0.5, 0.6) is 11.5 Å². The van der Waals surface area contributed by atoms with Gasteiger partial charge in [-0.2, -0.15) is 0 Å². The van der Waals surface area contributed by atoms with E-state index in [4.69, 9.17) is 14.2 Å². The first-order chi connectivity index (χ1) is 15.2. The maximum absolute atomic E-state index is 11.1. The third kappa shape index (κ3) is 6.94. The Hall–Kier alpha value is -2.12. The maximum atomic E-state index is 11.1. The molecule has 0 unspecified atom stereocenters. The van der Waals surface area contributed by atoms with Gasteiger partial charge in [-0.05, 0) is 49.2 Å². The first-order valence-electron chi connectivity index (χ1n) is 11.3. The molecule has 2 aromatic rings. The quantitative estimate of drug-likeness (QED) is 0.666. The Morgan fingerprint density at radius 3 is 2.55 bits per heavy atom. The van der Waals surface area contributed by atoms with Crippen molar-refractivity contribution in [2.24, 2.45) is 0 Å². The number of ether oxygens (including phenoxy) is 3. The van der Waals surface area contributed by atoms with Crippen molar-refractivity contribution in [3.63, 3.8) is 0 Å². The summed E-state index contributed by atoms with van der Waals surface area (Å²) in [5.41, 5.74) is 0.387. The number of likely N-dealkylation sites (tertiary alicyclic amines) is 1. The summed E-state index contributed by atoms with van der Waals surface area (Å²) in [6.45, 7) is 7.91. The topological polar surface area (TPSA) is 54.4 Å². The van der Waals surface area contributed by atoms with E-state index in [1.165, 1.54) is 5.56 Å². The van der Waals surface area contributed by atoms with Crippen LogP contribution in [0.4, 0.5) is 0 Å². The van der Waals surface area contributed by atoms with Crippen molar-refractivity contribution in [3.05, 3.63) is 60.2 Å². The average Bonchev–Trinajstić information content (AvgIpc) is 2.80.